The fourth-order valence-corrected chi connectivity index (χ4v) is 5.98. The molecule has 0 radical (unpaired) electrons. The second-order valence-corrected chi connectivity index (χ2v) is 9.31. The normalized spacial score (nSPS) is 20.6. The van der Waals surface area contributed by atoms with Gasteiger partial charge < -0.3 is 19.6 Å². The number of halogens is 2. The van der Waals surface area contributed by atoms with Gasteiger partial charge in [-0.05, 0) is 24.8 Å². The first kappa shape index (κ1) is 23.0. The average molecular weight is 501 g/mol. The van der Waals surface area contributed by atoms with Crippen LogP contribution in [0, 0.1) is 24.0 Å². The summed E-state index contributed by atoms with van der Waals surface area (Å²) in [5.41, 5.74) is 1.13. The van der Waals surface area contributed by atoms with Crippen molar-refractivity contribution in [2.24, 2.45) is 0 Å². The molecule has 1 N–H and O–H groups in total. The third kappa shape index (κ3) is 3.22. The maximum Gasteiger partial charge on any atom is 0.407 e. The number of carbonyl (C=O) groups is 1. The number of pyridine rings is 2. The van der Waals surface area contributed by atoms with Crippen LogP contribution in [0.1, 0.15) is 18.9 Å². The summed E-state index contributed by atoms with van der Waals surface area (Å²) in [7, 11) is 1.45. The van der Waals surface area contributed by atoms with Crippen molar-refractivity contribution in [2.45, 2.75) is 31.5 Å². The third-order valence-corrected chi connectivity index (χ3v) is 7.59. The van der Waals surface area contributed by atoms with Gasteiger partial charge >= 0.3 is 6.09 Å². The van der Waals surface area contributed by atoms with E-state index in [4.69, 9.17) is 11.2 Å². The van der Waals surface area contributed by atoms with Crippen LogP contribution < -0.4 is 9.64 Å². The Morgan fingerprint density at radius 1 is 1.27 bits per heavy atom. The molecule has 3 unspecified atom stereocenters. The zero-order chi connectivity index (χ0) is 26.0. The lowest BCUT2D eigenvalue weighted by Gasteiger charge is -2.54. The highest BCUT2D eigenvalue weighted by molar-refractivity contribution is 6.02. The lowest BCUT2D eigenvalue weighted by Crippen LogP contribution is -2.69. The van der Waals surface area contributed by atoms with Crippen LogP contribution in [0.25, 0.3) is 32.9 Å². The lowest BCUT2D eigenvalue weighted by molar-refractivity contribution is 0.115. The number of hydrogen-bond acceptors (Lipinski definition) is 5. The van der Waals surface area contributed by atoms with Gasteiger partial charge in [-0.25, -0.2) is 18.6 Å². The van der Waals surface area contributed by atoms with Gasteiger partial charge in [0.15, 0.2) is 5.82 Å². The standard InChI is InChI=1S/C28H22F2N4O3/c1-4-16-19(29)9-8-15-6-5-7-17(23(15)16)25-24(30)26-18(13-31-25)21(12-22(32-26)37-3)34-14(2)27-20(34)10-11-33(27)28(35)36/h1,5-9,12-14,20,27H,10-11H2,2-3H3,(H,35,36). The van der Waals surface area contributed by atoms with Crippen molar-refractivity contribution in [2.75, 3.05) is 18.6 Å². The second kappa shape index (κ2) is 8.30. The number of nitrogens with zero attached hydrogens (tertiary/aromatic N) is 4. The number of amides is 1. The predicted octanol–water partition coefficient (Wildman–Crippen LogP) is 5.05. The fourth-order valence-electron chi connectivity index (χ4n) is 5.98. The summed E-state index contributed by atoms with van der Waals surface area (Å²) >= 11 is 0. The Bertz CT molecular complexity index is 1650. The van der Waals surface area contributed by atoms with Crippen LogP contribution in [-0.2, 0) is 0 Å². The number of aromatic nitrogens is 2. The molecule has 2 aromatic heterocycles. The molecule has 6 rings (SSSR count). The Hall–Kier alpha value is -4.45. The topological polar surface area (TPSA) is 78.8 Å². The molecular weight excluding hydrogens is 478 g/mol. The lowest BCUT2D eigenvalue weighted by atomic mass is 9.87. The predicted molar refractivity (Wildman–Crippen MR) is 136 cm³/mol. The van der Waals surface area contributed by atoms with Crippen molar-refractivity contribution in [3.8, 4) is 29.5 Å². The van der Waals surface area contributed by atoms with E-state index in [9.17, 15) is 14.3 Å². The minimum atomic E-state index is -0.939. The van der Waals surface area contributed by atoms with E-state index in [0.717, 1.165) is 0 Å². The summed E-state index contributed by atoms with van der Waals surface area (Å²) in [6, 6.07) is 9.48. The quantitative estimate of drug-likeness (QED) is 0.397. The Morgan fingerprint density at radius 2 is 2.08 bits per heavy atom. The molecule has 2 fully saturated rings. The fraction of sp³-hybridized carbons (Fsp3) is 0.250. The number of terminal acetylenes is 1. The number of anilines is 1. The highest BCUT2D eigenvalue weighted by Gasteiger charge is 2.54. The molecule has 0 aliphatic carbocycles. The van der Waals surface area contributed by atoms with Gasteiger partial charge in [0, 0.05) is 41.2 Å². The molecule has 2 aromatic carbocycles. The summed E-state index contributed by atoms with van der Waals surface area (Å²) in [6.07, 6.45) is 6.89. The van der Waals surface area contributed by atoms with Gasteiger partial charge in [0.1, 0.15) is 17.0 Å². The summed E-state index contributed by atoms with van der Waals surface area (Å²) in [4.78, 5) is 24.1. The monoisotopic (exact) mass is 500 g/mol. The molecule has 9 heteroatoms. The molecule has 37 heavy (non-hydrogen) atoms. The van der Waals surface area contributed by atoms with Crippen LogP contribution in [0.3, 0.4) is 0 Å². The summed E-state index contributed by atoms with van der Waals surface area (Å²) < 4.78 is 36.2. The number of ether oxygens (including phenoxy) is 1. The zero-order valence-electron chi connectivity index (χ0n) is 20.1. The van der Waals surface area contributed by atoms with E-state index in [-0.39, 0.29) is 40.8 Å². The van der Waals surface area contributed by atoms with Crippen molar-refractivity contribution >= 4 is 33.5 Å². The average Bonchev–Trinajstić information content (AvgIpc) is 3.29. The van der Waals surface area contributed by atoms with Gasteiger partial charge in [-0.2, -0.15) is 0 Å². The van der Waals surface area contributed by atoms with Gasteiger partial charge in [0.2, 0.25) is 5.88 Å². The number of likely N-dealkylation sites (tertiary alicyclic amines) is 1. The van der Waals surface area contributed by atoms with Gasteiger partial charge in [-0.1, -0.05) is 30.2 Å². The van der Waals surface area contributed by atoms with E-state index in [2.05, 4.69) is 20.8 Å². The number of carboxylic acid groups (broad SMARTS) is 1. The molecule has 0 bridgehead atoms. The first-order chi connectivity index (χ1) is 17.8. The van der Waals surface area contributed by atoms with Crippen molar-refractivity contribution in [1.29, 1.82) is 0 Å². The van der Waals surface area contributed by atoms with Crippen LogP contribution in [0.4, 0.5) is 19.3 Å². The molecular formula is C28H22F2N4O3. The Balaban J connectivity index is 1.54. The molecule has 4 heterocycles. The van der Waals surface area contributed by atoms with E-state index < -0.39 is 17.7 Å². The molecule has 1 amide bonds. The molecule has 2 aliphatic rings. The van der Waals surface area contributed by atoms with Crippen LogP contribution in [0.5, 0.6) is 5.88 Å². The van der Waals surface area contributed by atoms with E-state index in [1.807, 2.05) is 6.92 Å². The summed E-state index contributed by atoms with van der Waals surface area (Å²) in [5.74, 6) is 1.35. The van der Waals surface area contributed by atoms with Gasteiger partial charge in [0.05, 0.1) is 30.4 Å². The third-order valence-electron chi connectivity index (χ3n) is 7.59. The van der Waals surface area contributed by atoms with E-state index in [0.29, 0.717) is 40.4 Å². The molecule has 2 aliphatic heterocycles. The number of methoxy groups -OCH3 is 1. The number of benzene rings is 2. The van der Waals surface area contributed by atoms with Crippen LogP contribution in [-0.4, -0.2) is 57.8 Å². The van der Waals surface area contributed by atoms with Crippen LogP contribution >= 0.6 is 0 Å². The van der Waals surface area contributed by atoms with Crippen molar-refractivity contribution in [1.82, 2.24) is 14.9 Å². The Labute approximate surface area is 211 Å². The van der Waals surface area contributed by atoms with Crippen molar-refractivity contribution in [3.05, 3.63) is 59.8 Å². The van der Waals surface area contributed by atoms with E-state index >= 15 is 4.39 Å². The van der Waals surface area contributed by atoms with Crippen molar-refractivity contribution < 1.29 is 23.4 Å². The summed E-state index contributed by atoms with van der Waals surface area (Å²) in [5, 5.41) is 11.1. The molecule has 3 atom stereocenters. The zero-order valence-corrected chi connectivity index (χ0v) is 20.1. The van der Waals surface area contributed by atoms with Crippen LogP contribution in [0.15, 0.2) is 42.6 Å². The van der Waals surface area contributed by atoms with Crippen LogP contribution in [0.2, 0.25) is 0 Å². The molecule has 0 spiro atoms. The minimum absolute atomic E-state index is 0.000596. The van der Waals surface area contributed by atoms with Gasteiger partial charge in [-0.15, -0.1) is 6.42 Å². The Morgan fingerprint density at radius 3 is 2.81 bits per heavy atom. The smallest absolute Gasteiger partial charge is 0.407 e. The van der Waals surface area contributed by atoms with Gasteiger partial charge in [0.25, 0.3) is 0 Å². The molecule has 0 saturated carbocycles. The minimum Gasteiger partial charge on any atom is -0.481 e. The maximum absolute atomic E-state index is 16.2. The van der Waals surface area contributed by atoms with Gasteiger partial charge in [-0.3, -0.25) is 4.98 Å². The first-order valence-corrected chi connectivity index (χ1v) is 11.8. The first-order valence-electron chi connectivity index (χ1n) is 11.8. The number of rotatable bonds is 3. The highest BCUT2D eigenvalue weighted by Crippen LogP contribution is 2.45. The van der Waals surface area contributed by atoms with E-state index in [1.54, 1.807) is 36.5 Å². The Kier molecular flexibility index (Phi) is 5.16. The summed E-state index contributed by atoms with van der Waals surface area (Å²) in [6.45, 7) is 2.39. The number of hydrogen-bond donors (Lipinski definition) is 1. The molecule has 186 valence electrons. The molecule has 4 aromatic rings. The molecule has 2 saturated heterocycles. The van der Waals surface area contributed by atoms with E-state index in [1.165, 1.54) is 18.1 Å². The van der Waals surface area contributed by atoms with Crippen molar-refractivity contribution in [3.63, 3.8) is 0 Å². The number of fused-ring (bicyclic) bond motifs is 3. The highest BCUT2D eigenvalue weighted by atomic mass is 19.1. The maximum atomic E-state index is 16.2. The largest absolute Gasteiger partial charge is 0.481 e. The SMILES string of the molecule is C#Cc1c(F)ccc2cccc(-c3ncc4c(N5C(C)C6C5CCN6C(=O)O)cc(OC)nc4c3F)c12. The second-order valence-electron chi connectivity index (χ2n) is 9.31. The molecule has 7 nitrogen and oxygen atoms in total.